The van der Waals surface area contributed by atoms with Crippen LogP contribution in [0, 0.1) is 0 Å². The molecule has 2 aliphatic heterocycles. The first-order valence-corrected chi connectivity index (χ1v) is 10.4. The molecule has 0 saturated carbocycles. The lowest BCUT2D eigenvalue weighted by molar-refractivity contribution is -0.137. The lowest BCUT2D eigenvalue weighted by Crippen LogP contribution is -2.43. The summed E-state index contributed by atoms with van der Waals surface area (Å²) in [7, 11) is 1.82. The fraction of sp³-hybridized carbons (Fsp3) is 0.318. The number of aromatic nitrogens is 5. The predicted octanol–water partition coefficient (Wildman–Crippen LogP) is 3.83. The van der Waals surface area contributed by atoms with Crippen LogP contribution in [0.2, 0.25) is 0 Å². The van der Waals surface area contributed by atoms with Crippen molar-refractivity contribution in [3.05, 3.63) is 66.0 Å². The average Bonchev–Trinajstić information content (AvgIpc) is 3.31. The number of hydrogen-bond acceptors (Lipinski definition) is 6. The van der Waals surface area contributed by atoms with Gasteiger partial charge in [-0.05, 0) is 43.0 Å². The minimum atomic E-state index is -4.49. The number of pyridine rings is 1. The van der Waals surface area contributed by atoms with Gasteiger partial charge in [-0.3, -0.25) is 14.5 Å². The second-order valence-electron chi connectivity index (χ2n) is 8.13. The van der Waals surface area contributed by atoms with Crippen molar-refractivity contribution in [3.8, 4) is 0 Å². The highest BCUT2D eigenvalue weighted by molar-refractivity contribution is 5.94. The zero-order valence-corrected chi connectivity index (χ0v) is 17.6. The quantitative estimate of drug-likeness (QED) is 0.643. The van der Waals surface area contributed by atoms with Crippen LogP contribution in [0.3, 0.4) is 0 Å². The molecule has 2 bridgehead atoms. The Bertz CT molecular complexity index is 1220. The van der Waals surface area contributed by atoms with Crippen molar-refractivity contribution in [1.82, 2.24) is 29.6 Å². The normalized spacial score (nSPS) is 20.0. The zero-order valence-electron chi connectivity index (χ0n) is 17.6. The van der Waals surface area contributed by atoms with Crippen LogP contribution in [-0.4, -0.2) is 47.6 Å². The molecular weight excluding hydrogens is 435 g/mol. The summed E-state index contributed by atoms with van der Waals surface area (Å²) in [6.45, 7) is 0. The third kappa shape index (κ3) is 4.18. The van der Waals surface area contributed by atoms with E-state index in [1.807, 2.05) is 25.4 Å². The Hall–Kier alpha value is -3.76. The van der Waals surface area contributed by atoms with Gasteiger partial charge in [-0.1, -0.05) is 6.08 Å². The highest BCUT2D eigenvalue weighted by atomic mass is 19.4. The molecule has 2 atom stereocenters. The van der Waals surface area contributed by atoms with Crippen molar-refractivity contribution in [2.24, 2.45) is 7.05 Å². The Morgan fingerprint density at radius 2 is 2.00 bits per heavy atom. The van der Waals surface area contributed by atoms with Crippen LogP contribution in [0.15, 0.2) is 49.1 Å². The fourth-order valence-corrected chi connectivity index (χ4v) is 4.37. The molecule has 11 heteroatoms. The van der Waals surface area contributed by atoms with E-state index >= 15 is 0 Å². The third-order valence-corrected chi connectivity index (χ3v) is 5.89. The molecule has 2 unspecified atom stereocenters. The largest absolute Gasteiger partial charge is 0.417 e. The second-order valence-corrected chi connectivity index (χ2v) is 8.13. The van der Waals surface area contributed by atoms with Gasteiger partial charge in [-0.2, -0.15) is 18.3 Å². The number of fused-ring (bicyclic) bond motifs is 2. The molecular formula is C22H20F3N7O. The molecule has 1 fully saturated rings. The summed E-state index contributed by atoms with van der Waals surface area (Å²) in [5.41, 5.74) is 1.70. The van der Waals surface area contributed by atoms with Crippen LogP contribution in [0.25, 0.3) is 5.57 Å². The molecule has 0 radical (unpaired) electrons. The molecule has 170 valence electrons. The Morgan fingerprint density at radius 1 is 1.15 bits per heavy atom. The maximum atomic E-state index is 13.0. The molecule has 3 aromatic heterocycles. The Balaban J connectivity index is 1.35. The van der Waals surface area contributed by atoms with Gasteiger partial charge in [0.25, 0.3) is 5.91 Å². The van der Waals surface area contributed by atoms with E-state index < -0.39 is 11.7 Å². The molecule has 8 nitrogen and oxygen atoms in total. The van der Waals surface area contributed by atoms with E-state index in [0.717, 1.165) is 41.9 Å². The number of hydrogen-bond donors (Lipinski definition) is 1. The van der Waals surface area contributed by atoms with E-state index in [-0.39, 0.29) is 23.7 Å². The topological polar surface area (TPSA) is 88.8 Å². The molecule has 33 heavy (non-hydrogen) atoms. The van der Waals surface area contributed by atoms with Crippen molar-refractivity contribution in [2.75, 3.05) is 5.32 Å². The maximum absolute atomic E-state index is 13.0. The smallest absolute Gasteiger partial charge is 0.328 e. The molecule has 0 aliphatic carbocycles. The molecule has 5 rings (SSSR count). The molecule has 0 spiro atoms. The van der Waals surface area contributed by atoms with E-state index in [1.54, 1.807) is 22.0 Å². The van der Waals surface area contributed by atoms with Crippen molar-refractivity contribution in [2.45, 2.75) is 37.5 Å². The molecule has 1 saturated heterocycles. The number of carbonyl (C=O) groups is 1. The van der Waals surface area contributed by atoms with Crippen molar-refractivity contribution in [1.29, 1.82) is 0 Å². The number of anilines is 2. The molecule has 2 aliphatic rings. The number of amides is 1. The lowest BCUT2D eigenvalue weighted by Gasteiger charge is -2.33. The summed E-state index contributed by atoms with van der Waals surface area (Å²) in [4.78, 5) is 27.4. The van der Waals surface area contributed by atoms with Gasteiger partial charge in [-0.25, -0.2) is 9.97 Å². The first-order valence-electron chi connectivity index (χ1n) is 10.4. The maximum Gasteiger partial charge on any atom is 0.417 e. The van der Waals surface area contributed by atoms with Gasteiger partial charge in [0.05, 0.1) is 29.2 Å². The Labute approximate surface area is 187 Å². The van der Waals surface area contributed by atoms with Crippen LogP contribution >= 0.6 is 0 Å². The third-order valence-electron chi connectivity index (χ3n) is 5.89. The molecule has 5 heterocycles. The highest BCUT2D eigenvalue weighted by Gasteiger charge is 2.41. The van der Waals surface area contributed by atoms with E-state index in [0.29, 0.717) is 18.6 Å². The van der Waals surface area contributed by atoms with Gasteiger partial charge in [0.2, 0.25) is 5.95 Å². The Morgan fingerprint density at radius 3 is 2.67 bits per heavy atom. The standard InChI is InChI=1S/C22H20F3N7O/c1-31-12-15(11-28-31)29-21-26-7-6-18(30-21)13-8-16-3-4-17(9-13)32(16)20(33)19-5-2-14(10-27-19)22(23,24)25/h2,5-8,10-12,16-17H,3-4,9H2,1H3,(H,26,29,30). The molecule has 1 amide bonds. The molecule has 1 N–H and O–H groups in total. The molecule has 0 aromatic carbocycles. The van der Waals surface area contributed by atoms with Gasteiger partial charge >= 0.3 is 6.18 Å². The Kier molecular flexibility index (Phi) is 5.10. The number of rotatable bonds is 4. The van der Waals surface area contributed by atoms with E-state index in [4.69, 9.17) is 0 Å². The first-order chi connectivity index (χ1) is 15.8. The summed E-state index contributed by atoms with van der Waals surface area (Å²) in [5.74, 6) is 0.0920. The number of alkyl halides is 3. The van der Waals surface area contributed by atoms with Gasteiger partial charge < -0.3 is 10.2 Å². The van der Waals surface area contributed by atoms with Crippen LogP contribution in [-0.2, 0) is 13.2 Å². The minimum Gasteiger partial charge on any atom is -0.328 e. The van der Waals surface area contributed by atoms with Crippen LogP contribution in [0.1, 0.15) is 41.0 Å². The average molecular weight is 455 g/mol. The number of halogens is 3. The zero-order chi connectivity index (χ0) is 23.2. The van der Waals surface area contributed by atoms with E-state index in [2.05, 4.69) is 25.4 Å². The van der Waals surface area contributed by atoms with Crippen molar-refractivity contribution in [3.63, 3.8) is 0 Å². The van der Waals surface area contributed by atoms with Crippen molar-refractivity contribution < 1.29 is 18.0 Å². The van der Waals surface area contributed by atoms with Gasteiger partial charge in [0.15, 0.2) is 0 Å². The van der Waals surface area contributed by atoms with Gasteiger partial charge in [0, 0.05) is 31.7 Å². The summed E-state index contributed by atoms with van der Waals surface area (Å²) in [6, 6.07) is 3.65. The number of carbonyl (C=O) groups excluding carboxylic acids is 1. The minimum absolute atomic E-state index is 0.0155. The van der Waals surface area contributed by atoms with Crippen LogP contribution in [0.5, 0.6) is 0 Å². The number of nitrogens with zero attached hydrogens (tertiary/aromatic N) is 6. The first kappa shape index (κ1) is 21.1. The summed E-state index contributed by atoms with van der Waals surface area (Å²) < 4.78 is 40.1. The summed E-state index contributed by atoms with van der Waals surface area (Å²) in [6.07, 6.45) is 5.59. The summed E-state index contributed by atoms with van der Waals surface area (Å²) in [5, 5.41) is 7.23. The van der Waals surface area contributed by atoms with Crippen LogP contribution in [0.4, 0.5) is 24.8 Å². The lowest BCUT2D eigenvalue weighted by atomic mass is 9.98. The second kappa shape index (κ2) is 7.98. The fourth-order valence-electron chi connectivity index (χ4n) is 4.37. The number of nitrogens with one attached hydrogen (secondary N) is 1. The SMILES string of the molecule is Cn1cc(Nc2nccc(C3=CC4CCC(C3)N4C(=O)c3ccc(C(F)(F)F)cn3)n2)cn1. The van der Waals surface area contributed by atoms with Gasteiger partial charge in [0.1, 0.15) is 5.69 Å². The van der Waals surface area contributed by atoms with E-state index in [1.165, 1.54) is 0 Å². The van der Waals surface area contributed by atoms with Crippen LogP contribution < -0.4 is 5.32 Å². The predicted molar refractivity (Wildman–Crippen MR) is 113 cm³/mol. The van der Waals surface area contributed by atoms with Crippen molar-refractivity contribution >= 4 is 23.1 Å². The van der Waals surface area contributed by atoms with Gasteiger partial charge in [-0.15, -0.1) is 0 Å². The van der Waals surface area contributed by atoms with E-state index in [9.17, 15) is 18.0 Å². The number of aryl methyl sites for hydroxylation is 1. The monoisotopic (exact) mass is 455 g/mol. The molecule has 3 aromatic rings. The summed E-state index contributed by atoms with van der Waals surface area (Å²) >= 11 is 0. The highest BCUT2D eigenvalue weighted by Crippen LogP contribution is 2.39.